The Morgan fingerprint density at radius 3 is 2.88 bits per heavy atom. The maximum atomic E-state index is 12.3. The fourth-order valence-electron chi connectivity index (χ4n) is 2.83. The van der Waals surface area contributed by atoms with Gasteiger partial charge in [-0.25, -0.2) is 4.79 Å². The van der Waals surface area contributed by atoms with Crippen LogP contribution in [-0.2, 0) is 4.74 Å². The van der Waals surface area contributed by atoms with Gasteiger partial charge in [0.05, 0.1) is 6.20 Å². The molecule has 0 unspecified atom stereocenters. The molecule has 1 aliphatic rings. The summed E-state index contributed by atoms with van der Waals surface area (Å²) in [6, 6.07) is 1.99. The van der Waals surface area contributed by atoms with E-state index in [1.165, 1.54) is 0 Å². The molecule has 128 valence electrons. The Hall–Kier alpha value is -2.44. The van der Waals surface area contributed by atoms with Crippen LogP contribution in [0.1, 0.15) is 45.2 Å². The zero-order chi connectivity index (χ0) is 17.2. The van der Waals surface area contributed by atoms with Crippen LogP contribution in [0.25, 0.3) is 11.4 Å². The quantitative estimate of drug-likeness (QED) is 0.915. The molecule has 7 heteroatoms. The predicted octanol–water partition coefficient (Wildman–Crippen LogP) is 2.98. The Balaban J connectivity index is 1.69. The highest BCUT2D eigenvalue weighted by atomic mass is 16.6. The third kappa shape index (κ3) is 3.90. The number of H-pyrrole nitrogens is 1. The molecule has 0 spiro atoms. The molecule has 0 radical (unpaired) electrons. The molecule has 3 rings (SSSR count). The van der Waals surface area contributed by atoms with Crippen LogP contribution in [-0.4, -0.2) is 49.8 Å². The van der Waals surface area contributed by atoms with Gasteiger partial charge in [-0.2, -0.15) is 5.10 Å². The van der Waals surface area contributed by atoms with Gasteiger partial charge >= 0.3 is 6.09 Å². The number of nitrogens with one attached hydrogen (secondary N) is 1. The molecule has 1 aliphatic heterocycles. The van der Waals surface area contributed by atoms with Crippen molar-refractivity contribution in [3.63, 3.8) is 0 Å². The zero-order valence-corrected chi connectivity index (χ0v) is 14.3. The molecule has 1 fully saturated rings. The smallest absolute Gasteiger partial charge is 0.410 e. The molecule has 0 aliphatic carbocycles. The molecule has 1 atom stereocenters. The third-order valence-electron chi connectivity index (χ3n) is 3.94. The summed E-state index contributed by atoms with van der Waals surface area (Å²) in [5, 5.41) is 7.41. The topological polar surface area (TPSA) is 84.0 Å². The monoisotopic (exact) mass is 329 g/mol. The van der Waals surface area contributed by atoms with Crippen molar-refractivity contribution < 1.29 is 9.53 Å². The zero-order valence-electron chi connectivity index (χ0n) is 14.3. The van der Waals surface area contributed by atoms with Gasteiger partial charge < -0.3 is 9.64 Å². The average molecular weight is 329 g/mol. The number of hydrogen-bond donors (Lipinski definition) is 1. The van der Waals surface area contributed by atoms with Crippen molar-refractivity contribution in [3.05, 3.63) is 30.4 Å². The van der Waals surface area contributed by atoms with Crippen LogP contribution in [0.4, 0.5) is 4.79 Å². The van der Waals surface area contributed by atoms with Crippen LogP contribution < -0.4 is 0 Å². The van der Waals surface area contributed by atoms with E-state index in [1.807, 2.05) is 26.8 Å². The second-order valence-corrected chi connectivity index (χ2v) is 7.06. The highest BCUT2D eigenvalue weighted by Crippen LogP contribution is 2.28. The number of rotatable bonds is 2. The number of carbonyl (C=O) groups excluding carboxylic acids is 1. The van der Waals surface area contributed by atoms with Crippen LogP contribution in [0.15, 0.2) is 24.7 Å². The summed E-state index contributed by atoms with van der Waals surface area (Å²) in [5.74, 6) is 0.226. The molecule has 3 heterocycles. The SMILES string of the molecule is CC(C)(C)OC(=O)N1CCC[C@H](c2cc(-c3cnccn3)n[nH]2)C1. The number of ether oxygens (including phenoxy) is 1. The van der Waals surface area contributed by atoms with Gasteiger partial charge in [-0.05, 0) is 39.7 Å². The molecule has 2 aromatic rings. The van der Waals surface area contributed by atoms with Crippen molar-refractivity contribution >= 4 is 6.09 Å². The Bertz CT molecular complexity index is 693. The molecular formula is C17H23N5O2. The molecule has 0 saturated carbocycles. The molecule has 0 aromatic carbocycles. The fraction of sp³-hybridized carbons (Fsp3) is 0.529. The lowest BCUT2D eigenvalue weighted by Crippen LogP contribution is -2.42. The van der Waals surface area contributed by atoms with Gasteiger partial charge in [0, 0.05) is 37.1 Å². The van der Waals surface area contributed by atoms with E-state index in [2.05, 4.69) is 20.2 Å². The standard InChI is InChI=1S/C17H23N5O2/c1-17(2,3)24-16(23)22-8-4-5-12(11-22)13-9-14(21-20-13)15-10-18-6-7-19-15/h6-7,9-10,12H,4-5,8,11H2,1-3H3,(H,20,21)/t12-/m0/s1. The van der Waals surface area contributed by atoms with Gasteiger partial charge in [0.25, 0.3) is 0 Å². The number of nitrogens with zero attached hydrogens (tertiary/aromatic N) is 4. The molecule has 24 heavy (non-hydrogen) atoms. The number of likely N-dealkylation sites (tertiary alicyclic amines) is 1. The molecule has 7 nitrogen and oxygen atoms in total. The predicted molar refractivity (Wildman–Crippen MR) is 89.4 cm³/mol. The first-order chi connectivity index (χ1) is 11.4. The lowest BCUT2D eigenvalue weighted by atomic mass is 9.95. The van der Waals surface area contributed by atoms with Crippen molar-refractivity contribution in [1.82, 2.24) is 25.1 Å². The maximum Gasteiger partial charge on any atom is 0.410 e. The first-order valence-corrected chi connectivity index (χ1v) is 8.22. The Labute approximate surface area is 141 Å². The number of aromatic amines is 1. The van der Waals surface area contributed by atoms with E-state index in [4.69, 9.17) is 4.74 Å². The highest BCUT2D eigenvalue weighted by molar-refractivity contribution is 5.68. The van der Waals surface area contributed by atoms with Crippen LogP contribution in [0, 0.1) is 0 Å². The third-order valence-corrected chi connectivity index (χ3v) is 3.94. The van der Waals surface area contributed by atoms with E-state index in [1.54, 1.807) is 23.5 Å². The van der Waals surface area contributed by atoms with Crippen LogP contribution in [0.3, 0.4) is 0 Å². The number of aromatic nitrogens is 4. The minimum atomic E-state index is -0.475. The van der Waals surface area contributed by atoms with Gasteiger partial charge in [-0.15, -0.1) is 0 Å². The molecule has 1 N–H and O–H groups in total. The molecule has 0 bridgehead atoms. The first-order valence-electron chi connectivity index (χ1n) is 8.22. The largest absolute Gasteiger partial charge is 0.444 e. The average Bonchev–Trinajstić information content (AvgIpc) is 3.04. The number of carbonyl (C=O) groups is 1. The number of piperidine rings is 1. The summed E-state index contributed by atoms with van der Waals surface area (Å²) < 4.78 is 5.48. The number of hydrogen-bond acceptors (Lipinski definition) is 5. The van der Waals surface area contributed by atoms with Crippen molar-refractivity contribution in [2.24, 2.45) is 0 Å². The molecular weight excluding hydrogens is 306 g/mol. The van der Waals surface area contributed by atoms with E-state index in [9.17, 15) is 4.79 Å². The Morgan fingerprint density at radius 1 is 1.33 bits per heavy atom. The Morgan fingerprint density at radius 2 is 2.17 bits per heavy atom. The van der Waals surface area contributed by atoms with E-state index in [-0.39, 0.29) is 12.0 Å². The van der Waals surface area contributed by atoms with Gasteiger partial charge in [-0.1, -0.05) is 0 Å². The second kappa shape index (κ2) is 6.59. The van der Waals surface area contributed by atoms with Gasteiger partial charge in [0.15, 0.2) is 0 Å². The minimum absolute atomic E-state index is 0.226. The number of amides is 1. The van der Waals surface area contributed by atoms with E-state index < -0.39 is 5.60 Å². The molecule has 1 saturated heterocycles. The van der Waals surface area contributed by atoms with Crippen molar-refractivity contribution in [1.29, 1.82) is 0 Å². The van der Waals surface area contributed by atoms with E-state index in [0.29, 0.717) is 6.54 Å². The molecule has 1 amide bonds. The van der Waals surface area contributed by atoms with Crippen molar-refractivity contribution in [2.45, 2.75) is 45.1 Å². The van der Waals surface area contributed by atoms with Gasteiger partial charge in [0.1, 0.15) is 17.0 Å². The lowest BCUT2D eigenvalue weighted by molar-refractivity contribution is 0.0197. The van der Waals surface area contributed by atoms with Gasteiger partial charge in [0.2, 0.25) is 0 Å². The normalized spacial score (nSPS) is 18.5. The van der Waals surface area contributed by atoms with Crippen molar-refractivity contribution in [2.75, 3.05) is 13.1 Å². The maximum absolute atomic E-state index is 12.3. The van der Waals surface area contributed by atoms with E-state index in [0.717, 1.165) is 36.5 Å². The summed E-state index contributed by atoms with van der Waals surface area (Å²) in [7, 11) is 0. The lowest BCUT2D eigenvalue weighted by Gasteiger charge is -2.33. The van der Waals surface area contributed by atoms with Crippen LogP contribution in [0.5, 0.6) is 0 Å². The van der Waals surface area contributed by atoms with E-state index >= 15 is 0 Å². The summed E-state index contributed by atoms with van der Waals surface area (Å²) in [6.45, 7) is 7.02. The van der Waals surface area contributed by atoms with Gasteiger partial charge in [-0.3, -0.25) is 15.1 Å². The highest BCUT2D eigenvalue weighted by Gasteiger charge is 2.29. The van der Waals surface area contributed by atoms with Crippen LogP contribution >= 0.6 is 0 Å². The summed E-state index contributed by atoms with van der Waals surface area (Å²) in [4.78, 5) is 22.4. The molecule has 2 aromatic heterocycles. The Kier molecular flexibility index (Phi) is 4.51. The summed E-state index contributed by atoms with van der Waals surface area (Å²) in [5.41, 5.74) is 2.05. The first kappa shape index (κ1) is 16.4. The van der Waals surface area contributed by atoms with Crippen molar-refractivity contribution in [3.8, 4) is 11.4 Å². The summed E-state index contributed by atoms with van der Waals surface area (Å²) >= 11 is 0. The van der Waals surface area contributed by atoms with Crippen LogP contribution in [0.2, 0.25) is 0 Å². The fourth-order valence-corrected chi connectivity index (χ4v) is 2.83. The minimum Gasteiger partial charge on any atom is -0.444 e. The summed E-state index contributed by atoms with van der Waals surface area (Å²) in [6.07, 6.45) is 6.69. The second-order valence-electron chi connectivity index (χ2n) is 7.06.